The average molecular weight is 741 g/mol. The summed E-state index contributed by atoms with van der Waals surface area (Å²) in [5.74, 6) is -0.729. The Morgan fingerprint density at radius 1 is 0.519 bits per heavy atom. The van der Waals surface area contributed by atoms with Crippen molar-refractivity contribution in [2.75, 3.05) is 10.6 Å². The first-order valence-electron chi connectivity index (χ1n) is 17.1. The Morgan fingerprint density at radius 3 is 1.19 bits per heavy atom. The molecule has 0 bridgehead atoms. The van der Waals surface area contributed by atoms with Gasteiger partial charge >= 0.3 is 14.2 Å². The van der Waals surface area contributed by atoms with E-state index in [1.54, 1.807) is 12.1 Å². The molecule has 268 valence electrons. The van der Waals surface area contributed by atoms with Crippen LogP contribution in [0.2, 0.25) is 0 Å². The normalized spacial score (nSPS) is 18.4. The third kappa shape index (κ3) is 7.20. The third-order valence-electron chi connectivity index (χ3n) is 10.1. The molecule has 6 aromatic rings. The summed E-state index contributed by atoms with van der Waals surface area (Å²) in [6, 6.07) is 25.6. The van der Waals surface area contributed by atoms with Crippen LogP contribution in [0.25, 0.3) is 20.4 Å². The average Bonchev–Trinajstić information content (AvgIpc) is 3.79. The highest BCUT2D eigenvalue weighted by Crippen LogP contribution is 2.38. The minimum Gasteiger partial charge on any atom is -0.399 e. The van der Waals surface area contributed by atoms with E-state index in [0.29, 0.717) is 32.6 Å². The van der Waals surface area contributed by atoms with Crippen LogP contribution in [0.15, 0.2) is 84.9 Å². The zero-order valence-corrected chi connectivity index (χ0v) is 32.0. The molecular formula is C38H40B2F2N4O4S2. The Morgan fingerprint density at radius 2 is 0.865 bits per heavy atom. The molecule has 2 aliphatic heterocycles. The molecule has 2 fully saturated rings. The van der Waals surface area contributed by atoms with Crippen LogP contribution in [0.1, 0.15) is 55.4 Å². The number of anilines is 4. The topological polar surface area (TPSA) is 86.8 Å². The summed E-state index contributed by atoms with van der Waals surface area (Å²) in [6.07, 6.45) is 0. The van der Waals surface area contributed by atoms with Crippen molar-refractivity contribution in [3.63, 3.8) is 0 Å². The second-order valence-corrected chi connectivity index (χ2v) is 16.9. The largest absolute Gasteiger partial charge is 0.494 e. The zero-order valence-electron chi connectivity index (χ0n) is 30.3. The fraction of sp³-hybridized carbons (Fsp3) is 0.316. The maximum atomic E-state index is 14.6. The Labute approximate surface area is 311 Å². The van der Waals surface area contributed by atoms with E-state index < -0.39 is 36.6 Å². The molecule has 4 aromatic carbocycles. The van der Waals surface area contributed by atoms with Gasteiger partial charge in [-0.25, -0.2) is 18.7 Å². The van der Waals surface area contributed by atoms with E-state index in [1.807, 2.05) is 116 Å². The highest BCUT2D eigenvalue weighted by atomic mass is 32.1. The standard InChI is InChI=1S/2C19H20BFN2O2S/c2*1-18(2)19(3,4)25-20(24-18)12-9-10-14(13(21)11-12)22-17-23-15-7-5-6-8-16(15)26-17/h2*5-11H,1-4H3,(H,22,23). The minimum absolute atomic E-state index is 0.364. The van der Waals surface area contributed by atoms with Crippen LogP contribution < -0.4 is 21.6 Å². The molecule has 4 heterocycles. The van der Waals surface area contributed by atoms with Crippen molar-refractivity contribution < 1.29 is 27.4 Å². The Balaban J connectivity index is 0.000000162. The second-order valence-electron chi connectivity index (χ2n) is 14.9. The van der Waals surface area contributed by atoms with Crippen molar-refractivity contribution >= 4 is 89.9 Å². The van der Waals surface area contributed by atoms with Gasteiger partial charge in [0.05, 0.1) is 54.2 Å². The van der Waals surface area contributed by atoms with Gasteiger partial charge < -0.3 is 29.3 Å². The minimum atomic E-state index is -0.578. The van der Waals surface area contributed by atoms with Crippen LogP contribution in [0, 0.1) is 11.6 Å². The maximum Gasteiger partial charge on any atom is 0.494 e. The number of hydrogen-bond donors (Lipinski definition) is 2. The van der Waals surface area contributed by atoms with Crippen LogP contribution >= 0.6 is 22.7 Å². The summed E-state index contributed by atoms with van der Waals surface area (Å²) >= 11 is 2.98. The first kappa shape index (κ1) is 36.4. The molecule has 52 heavy (non-hydrogen) atoms. The smallest absolute Gasteiger partial charge is 0.399 e. The predicted molar refractivity (Wildman–Crippen MR) is 210 cm³/mol. The summed E-state index contributed by atoms with van der Waals surface area (Å²) in [5.41, 5.74) is 2.07. The van der Waals surface area contributed by atoms with Gasteiger partial charge in [-0.05, 0) is 115 Å². The Kier molecular flexibility index (Phi) is 9.46. The van der Waals surface area contributed by atoms with Crippen LogP contribution in [0.4, 0.5) is 30.4 Å². The molecule has 0 atom stereocenters. The van der Waals surface area contributed by atoms with E-state index in [9.17, 15) is 8.78 Å². The number of benzene rings is 4. The number of hydrogen-bond acceptors (Lipinski definition) is 10. The van der Waals surface area contributed by atoms with E-state index in [2.05, 4.69) is 20.6 Å². The van der Waals surface area contributed by atoms with E-state index in [-0.39, 0.29) is 11.6 Å². The van der Waals surface area contributed by atoms with Crippen LogP contribution in [-0.2, 0) is 18.6 Å². The van der Waals surface area contributed by atoms with Gasteiger partial charge in [-0.3, -0.25) is 0 Å². The van der Waals surface area contributed by atoms with Crippen LogP contribution in [0.5, 0.6) is 0 Å². The Hall–Kier alpha value is -3.91. The quantitative estimate of drug-likeness (QED) is 0.164. The lowest BCUT2D eigenvalue weighted by atomic mass is 9.79. The van der Waals surface area contributed by atoms with E-state index in [4.69, 9.17) is 18.6 Å². The SMILES string of the molecule is CC1(C)OB(c2ccc(Nc3nc4ccccc4s3)c(F)c2)OC1(C)C.CC1(C)OB(c2ccc(Nc3nc4ccccc4s3)c(F)c2)OC1(C)C. The van der Waals surface area contributed by atoms with Crippen molar-refractivity contribution in [3.05, 3.63) is 96.6 Å². The van der Waals surface area contributed by atoms with Gasteiger partial charge in [-0.2, -0.15) is 0 Å². The molecule has 2 aromatic heterocycles. The lowest BCUT2D eigenvalue weighted by Crippen LogP contribution is -2.41. The lowest BCUT2D eigenvalue weighted by Gasteiger charge is -2.32. The van der Waals surface area contributed by atoms with Crippen LogP contribution in [0.3, 0.4) is 0 Å². The van der Waals surface area contributed by atoms with E-state index in [0.717, 1.165) is 20.4 Å². The summed E-state index contributed by atoms with van der Waals surface area (Å²) in [6.45, 7) is 15.8. The third-order valence-corrected chi connectivity index (χ3v) is 12.0. The van der Waals surface area contributed by atoms with Gasteiger partial charge in [0.25, 0.3) is 0 Å². The number of nitrogens with one attached hydrogen (secondary N) is 2. The van der Waals surface area contributed by atoms with Gasteiger partial charge in [0.1, 0.15) is 11.6 Å². The first-order valence-corrected chi connectivity index (χ1v) is 18.7. The summed E-state index contributed by atoms with van der Waals surface area (Å²) < 4.78 is 55.3. The van der Waals surface area contributed by atoms with Crippen molar-refractivity contribution in [1.82, 2.24) is 9.97 Å². The molecule has 8 nitrogen and oxygen atoms in total. The molecular weight excluding hydrogens is 700 g/mol. The molecule has 2 aliphatic rings. The highest BCUT2D eigenvalue weighted by Gasteiger charge is 2.52. The second kappa shape index (κ2) is 13.5. The molecule has 0 radical (unpaired) electrons. The predicted octanol–water partition coefficient (Wildman–Crippen LogP) is 8.96. The van der Waals surface area contributed by atoms with Crippen molar-refractivity contribution in [3.8, 4) is 0 Å². The molecule has 8 rings (SSSR count). The Bertz CT molecular complexity index is 2010. The first-order chi connectivity index (χ1) is 24.5. The van der Waals surface area contributed by atoms with Gasteiger partial charge in [0.15, 0.2) is 10.3 Å². The molecule has 0 amide bonds. The van der Waals surface area contributed by atoms with Gasteiger partial charge in [-0.15, -0.1) is 0 Å². The monoisotopic (exact) mass is 740 g/mol. The number of aromatic nitrogens is 2. The highest BCUT2D eigenvalue weighted by molar-refractivity contribution is 7.22. The lowest BCUT2D eigenvalue weighted by molar-refractivity contribution is 0.00578. The molecule has 14 heteroatoms. The zero-order chi connectivity index (χ0) is 37.1. The van der Waals surface area contributed by atoms with Crippen molar-refractivity contribution in [1.29, 1.82) is 0 Å². The van der Waals surface area contributed by atoms with Gasteiger partial charge in [-0.1, -0.05) is 59.1 Å². The van der Waals surface area contributed by atoms with Crippen LogP contribution in [-0.4, -0.2) is 46.6 Å². The van der Waals surface area contributed by atoms with Crippen molar-refractivity contribution in [2.45, 2.75) is 77.8 Å². The molecule has 0 spiro atoms. The van der Waals surface area contributed by atoms with E-state index in [1.165, 1.54) is 34.8 Å². The number of halogens is 2. The number of nitrogens with zero attached hydrogens (tertiary/aromatic N) is 2. The molecule has 0 saturated carbocycles. The fourth-order valence-electron chi connectivity index (χ4n) is 5.60. The summed E-state index contributed by atoms with van der Waals surface area (Å²) in [4.78, 5) is 8.96. The fourth-order valence-corrected chi connectivity index (χ4v) is 7.36. The van der Waals surface area contributed by atoms with Gasteiger partial charge in [0.2, 0.25) is 0 Å². The molecule has 0 aliphatic carbocycles. The number of rotatable bonds is 6. The van der Waals surface area contributed by atoms with Crippen molar-refractivity contribution in [2.24, 2.45) is 0 Å². The molecule has 2 N–H and O–H groups in total. The maximum absolute atomic E-state index is 14.6. The number of para-hydroxylation sites is 2. The van der Waals surface area contributed by atoms with E-state index >= 15 is 0 Å². The molecule has 2 saturated heterocycles. The van der Waals surface area contributed by atoms with Gasteiger partial charge in [0, 0.05) is 0 Å². The number of thiazole rings is 2. The summed E-state index contributed by atoms with van der Waals surface area (Å²) in [7, 11) is -1.16. The number of fused-ring (bicyclic) bond motifs is 2. The summed E-state index contributed by atoms with van der Waals surface area (Å²) in [5, 5.41) is 7.45. The molecule has 0 unspecified atom stereocenters.